The van der Waals surface area contributed by atoms with Crippen molar-refractivity contribution in [3.63, 3.8) is 0 Å². The molecule has 0 aromatic carbocycles. The van der Waals surface area contributed by atoms with E-state index < -0.39 is 0 Å². The third-order valence-electron chi connectivity index (χ3n) is 1.68. The Bertz CT molecular complexity index is 317. The summed E-state index contributed by atoms with van der Waals surface area (Å²) < 4.78 is 0.900. The van der Waals surface area contributed by atoms with Crippen molar-refractivity contribution >= 4 is 27.7 Å². The van der Waals surface area contributed by atoms with E-state index in [-0.39, 0.29) is 5.91 Å². The molecule has 1 heterocycles. The lowest BCUT2D eigenvalue weighted by Gasteiger charge is -2.05. The molecule has 5 heteroatoms. The lowest BCUT2D eigenvalue weighted by Crippen LogP contribution is -2.21. The van der Waals surface area contributed by atoms with Crippen LogP contribution < -0.4 is 10.6 Å². The summed E-state index contributed by atoms with van der Waals surface area (Å²) in [6, 6.07) is 3.74. The first-order chi connectivity index (χ1) is 6.74. The molecule has 0 bridgehead atoms. The van der Waals surface area contributed by atoms with Crippen molar-refractivity contribution in [2.45, 2.75) is 6.42 Å². The standard InChI is InChI=1S/C9H12BrN3O/c1-11-8(14)4-6-13-9-7(10)3-2-5-12-9/h2-3,5H,4,6H2,1H3,(H,11,14)(H,12,13). The molecule has 76 valence electrons. The van der Waals surface area contributed by atoms with Gasteiger partial charge in [0.05, 0.1) is 4.47 Å². The van der Waals surface area contributed by atoms with Crippen molar-refractivity contribution in [1.82, 2.24) is 10.3 Å². The van der Waals surface area contributed by atoms with Crippen LogP contribution in [0.5, 0.6) is 0 Å². The molecule has 14 heavy (non-hydrogen) atoms. The maximum Gasteiger partial charge on any atom is 0.221 e. The highest BCUT2D eigenvalue weighted by atomic mass is 79.9. The summed E-state index contributed by atoms with van der Waals surface area (Å²) in [5.74, 6) is 0.779. The van der Waals surface area contributed by atoms with Gasteiger partial charge in [0.25, 0.3) is 0 Å². The number of carbonyl (C=O) groups is 1. The Balaban J connectivity index is 2.39. The topological polar surface area (TPSA) is 54.0 Å². The van der Waals surface area contributed by atoms with Gasteiger partial charge in [-0.05, 0) is 28.1 Å². The molecule has 0 saturated carbocycles. The Morgan fingerprint density at radius 2 is 2.43 bits per heavy atom. The second kappa shape index (κ2) is 5.59. The molecule has 0 aliphatic rings. The first-order valence-corrected chi connectivity index (χ1v) is 5.08. The maximum absolute atomic E-state index is 10.9. The number of nitrogens with zero attached hydrogens (tertiary/aromatic N) is 1. The van der Waals surface area contributed by atoms with Crippen LogP contribution in [0.15, 0.2) is 22.8 Å². The van der Waals surface area contributed by atoms with Crippen LogP contribution in [-0.4, -0.2) is 24.5 Å². The zero-order valence-corrected chi connectivity index (χ0v) is 9.47. The Morgan fingerprint density at radius 3 is 3.07 bits per heavy atom. The number of nitrogens with one attached hydrogen (secondary N) is 2. The molecule has 0 fully saturated rings. The number of carbonyl (C=O) groups excluding carboxylic acids is 1. The van der Waals surface area contributed by atoms with Crippen LogP contribution in [0.2, 0.25) is 0 Å². The van der Waals surface area contributed by atoms with Gasteiger partial charge in [-0.15, -0.1) is 0 Å². The molecule has 0 radical (unpaired) electrons. The number of rotatable bonds is 4. The van der Waals surface area contributed by atoms with E-state index in [1.165, 1.54) is 0 Å². The summed E-state index contributed by atoms with van der Waals surface area (Å²) in [5.41, 5.74) is 0. The van der Waals surface area contributed by atoms with Crippen molar-refractivity contribution in [2.24, 2.45) is 0 Å². The van der Waals surface area contributed by atoms with Crippen LogP contribution in [0.1, 0.15) is 6.42 Å². The highest BCUT2D eigenvalue weighted by Crippen LogP contribution is 2.17. The van der Waals surface area contributed by atoms with Crippen LogP contribution in [0, 0.1) is 0 Å². The molecular formula is C9H12BrN3O. The molecule has 0 aliphatic heterocycles. The van der Waals surface area contributed by atoms with Crippen LogP contribution in [-0.2, 0) is 4.79 Å². The van der Waals surface area contributed by atoms with Crippen LogP contribution in [0.25, 0.3) is 0 Å². The smallest absolute Gasteiger partial charge is 0.221 e. The molecule has 1 rings (SSSR count). The van der Waals surface area contributed by atoms with E-state index in [4.69, 9.17) is 0 Å². The number of aromatic nitrogens is 1. The molecule has 1 aromatic rings. The van der Waals surface area contributed by atoms with Gasteiger partial charge in [-0.25, -0.2) is 4.98 Å². The van der Waals surface area contributed by atoms with Gasteiger partial charge in [0, 0.05) is 26.2 Å². The summed E-state index contributed by atoms with van der Waals surface area (Å²) in [7, 11) is 1.62. The summed E-state index contributed by atoms with van der Waals surface area (Å²) in [6.45, 7) is 0.579. The molecule has 0 atom stereocenters. The normalized spacial score (nSPS) is 9.57. The zero-order chi connectivity index (χ0) is 10.4. The second-order valence-electron chi connectivity index (χ2n) is 2.68. The van der Waals surface area contributed by atoms with Gasteiger partial charge in [0.2, 0.25) is 5.91 Å². The molecule has 0 unspecified atom stereocenters. The molecule has 4 nitrogen and oxygen atoms in total. The van der Waals surface area contributed by atoms with Crippen molar-refractivity contribution in [3.8, 4) is 0 Å². The Hall–Kier alpha value is -1.10. The number of hydrogen-bond donors (Lipinski definition) is 2. The number of amides is 1. The SMILES string of the molecule is CNC(=O)CCNc1ncccc1Br. The quantitative estimate of drug-likeness (QED) is 0.858. The largest absolute Gasteiger partial charge is 0.369 e. The van der Waals surface area contributed by atoms with Gasteiger partial charge in [-0.3, -0.25) is 4.79 Å². The fraction of sp³-hybridized carbons (Fsp3) is 0.333. The minimum atomic E-state index is 0.0181. The first kappa shape index (κ1) is 11.0. The van der Waals surface area contributed by atoms with Gasteiger partial charge in [0.1, 0.15) is 5.82 Å². The predicted molar refractivity (Wildman–Crippen MR) is 59.1 cm³/mol. The van der Waals surface area contributed by atoms with Crippen molar-refractivity contribution in [2.75, 3.05) is 18.9 Å². The van der Waals surface area contributed by atoms with Gasteiger partial charge in [0.15, 0.2) is 0 Å². The highest BCUT2D eigenvalue weighted by Gasteiger charge is 2.00. The van der Waals surface area contributed by atoms with Crippen molar-refractivity contribution < 1.29 is 4.79 Å². The summed E-state index contributed by atoms with van der Waals surface area (Å²) in [4.78, 5) is 15.0. The summed E-state index contributed by atoms with van der Waals surface area (Å²) >= 11 is 3.36. The molecule has 0 saturated heterocycles. The Morgan fingerprint density at radius 1 is 1.64 bits per heavy atom. The number of anilines is 1. The van der Waals surface area contributed by atoms with Gasteiger partial charge in [-0.2, -0.15) is 0 Å². The average Bonchev–Trinajstić information content (AvgIpc) is 2.20. The average molecular weight is 258 g/mol. The Kier molecular flexibility index (Phi) is 4.39. The van der Waals surface area contributed by atoms with E-state index in [1.54, 1.807) is 13.2 Å². The number of halogens is 1. The summed E-state index contributed by atoms with van der Waals surface area (Å²) in [6.07, 6.45) is 2.15. The molecule has 2 N–H and O–H groups in total. The fourth-order valence-corrected chi connectivity index (χ4v) is 1.33. The van der Waals surface area contributed by atoms with E-state index >= 15 is 0 Å². The predicted octanol–water partition coefficient (Wildman–Crippen LogP) is 1.39. The molecule has 1 aromatic heterocycles. The van der Waals surface area contributed by atoms with E-state index in [9.17, 15) is 4.79 Å². The third kappa shape index (κ3) is 3.33. The van der Waals surface area contributed by atoms with Crippen LogP contribution in [0.3, 0.4) is 0 Å². The molecule has 0 spiro atoms. The minimum absolute atomic E-state index is 0.0181. The van der Waals surface area contributed by atoms with E-state index in [2.05, 4.69) is 31.5 Å². The first-order valence-electron chi connectivity index (χ1n) is 4.29. The van der Waals surface area contributed by atoms with Gasteiger partial charge < -0.3 is 10.6 Å². The molecular weight excluding hydrogens is 246 g/mol. The molecule has 1 amide bonds. The van der Waals surface area contributed by atoms with Crippen LogP contribution in [0.4, 0.5) is 5.82 Å². The Labute approximate surface area is 91.2 Å². The lowest BCUT2D eigenvalue weighted by atomic mass is 10.4. The van der Waals surface area contributed by atoms with E-state index in [0.29, 0.717) is 13.0 Å². The van der Waals surface area contributed by atoms with E-state index in [1.807, 2.05) is 12.1 Å². The van der Waals surface area contributed by atoms with Crippen molar-refractivity contribution in [3.05, 3.63) is 22.8 Å². The third-order valence-corrected chi connectivity index (χ3v) is 2.32. The van der Waals surface area contributed by atoms with E-state index in [0.717, 1.165) is 10.3 Å². The van der Waals surface area contributed by atoms with Gasteiger partial charge in [-0.1, -0.05) is 0 Å². The lowest BCUT2D eigenvalue weighted by molar-refractivity contribution is -0.120. The fourth-order valence-electron chi connectivity index (χ4n) is 0.935. The minimum Gasteiger partial charge on any atom is -0.369 e. The second-order valence-corrected chi connectivity index (χ2v) is 3.54. The number of hydrogen-bond acceptors (Lipinski definition) is 3. The van der Waals surface area contributed by atoms with Gasteiger partial charge >= 0.3 is 0 Å². The van der Waals surface area contributed by atoms with Crippen molar-refractivity contribution in [1.29, 1.82) is 0 Å². The number of pyridine rings is 1. The highest BCUT2D eigenvalue weighted by molar-refractivity contribution is 9.10. The maximum atomic E-state index is 10.9. The van der Waals surface area contributed by atoms with Crippen LogP contribution >= 0.6 is 15.9 Å². The summed E-state index contributed by atoms with van der Waals surface area (Å²) in [5, 5.41) is 5.61. The molecule has 0 aliphatic carbocycles. The monoisotopic (exact) mass is 257 g/mol. The zero-order valence-electron chi connectivity index (χ0n) is 7.88.